The van der Waals surface area contributed by atoms with E-state index in [1.54, 1.807) is 6.07 Å². The summed E-state index contributed by atoms with van der Waals surface area (Å²) in [5.74, 6) is -1.98. The van der Waals surface area contributed by atoms with Gasteiger partial charge in [-0.25, -0.2) is 13.2 Å². The number of hydrogen-bond acceptors (Lipinski definition) is 1. The van der Waals surface area contributed by atoms with E-state index in [4.69, 9.17) is 17.3 Å². The lowest BCUT2D eigenvalue weighted by atomic mass is 9.99. The molecule has 0 aliphatic rings. The van der Waals surface area contributed by atoms with Crippen molar-refractivity contribution in [3.8, 4) is 0 Å². The SMILES string of the molecule is NC(c1cccc(F)c1)c1cc(F)c(Cl)cc1F. The monoisotopic (exact) mass is 271 g/mol. The smallest absolute Gasteiger partial charge is 0.142 e. The van der Waals surface area contributed by atoms with Gasteiger partial charge in [0.25, 0.3) is 0 Å². The molecule has 0 aliphatic heterocycles. The second-order valence-electron chi connectivity index (χ2n) is 3.82. The number of nitrogens with two attached hydrogens (primary N) is 1. The van der Waals surface area contributed by atoms with Crippen LogP contribution in [0.2, 0.25) is 5.02 Å². The Morgan fingerprint density at radius 3 is 2.39 bits per heavy atom. The fourth-order valence-corrected chi connectivity index (χ4v) is 1.81. The topological polar surface area (TPSA) is 26.0 Å². The van der Waals surface area contributed by atoms with E-state index in [0.717, 1.165) is 12.1 Å². The predicted octanol–water partition coefficient (Wildman–Crippen LogP) is 3.81. The fraction of sp³-hybridized carbons (Fsp3) is 0.0769. The molecule has 0 saturated carbocycles. The first-order valence-corrected chi connectivity index (χ1v) is 5.52. The summed E-state index contributed by atoms with van der Waals surface area (Å²) in [6.45, 7) is 0. The number of hydrogen-bond donors (Lipinski definition) is 1. The number of halogens is 4. The van der Waals surface area contributed by atoms with Gasteiger partial charge in [-0.2, -0.15) is 0 Å². The highest BCUT2D eigenvalue weighted by Gasteiger charge is 2.17. The lowest BCUT2D eigenvalue weighted by Gasteiger charge is -2.14. The Morgan fingerprint density at radius 1 is 1.00 bits per heavy atom. The zero-order chi connectivity index (χ0) is 13.3. The highest BCUT2D eigenvalue weighted by atomic mass is 35.5. The minimum Gasteiger partial charge on any atom is -0.320 e. The van der Waals surface area contributed by atoms with Crippen LogP contribution in [0.15, 0.2) is 36.4 Å². The van der Waals surface area contributed by atoms with Crippen LogP contribution in [0.5, 0.6) is 0 Å². The molecule has 2 rings (SSSR count). The quantitative estimate of drug-likeness (QED) is 0.826. The van der Waals surface area contributed by atoms with E-state index in [1.807, 2.05) is 0 Å². The molecule has 0 aliphatic carbocycles. The van der Waals surface area contributed by atoms with Gasteiger partial charge in [0.15, 0.2) is 0 Å². The second kappa shape index (κ2) is 5.00. The summed E-state index contributed by atoms with van der Waals surface area (Å²) >= 11 is 5.45. The lowest BCUT2D eigenvalue weighted by Crippen LogP contribution is -2.14. The van der Waals surface area contributed by atoms with Crippen molar-refractivity contribution in [2.75, 3.05) is 0 Å². The second-order valence-corrected chi connectivity index (χ2v) is 4.23. The first-order valence-electron chi connectivity index (χ1n) is 5.14. The van der Waals surface area contributed by atoms with E-state index >= 15 is 0 Å². The Bertz CT molecular complexity index is 586. The molecule has 0 fully saturated rings. The Balaban J connectivity index is 2.46. The van der Waals surface area contributed by atoms with Crippen LogP contribution in [0.3, 0.4) is 0 Å². The van der Waals surface area contributed by atoms with E-state index in [0.29, 0.717) is 5.56 Å². The summed E-state index contributed by atoms with van der Waals surface area (Å²) < 4.78 is 40.0. The van der Waals surface area contributed by atoms with Crippen molar-refractivity contribution in [3.05, 3.63) is 70.0 Å². The maximum absolute atomic E-state index is 13.6. The molecule has 0 radical (unpaired) electrons. The van der Waals surface area contributed by atoms with Crippen molar-refractivity contribution >= 4 is 11.6 Å². The van der Waals surface area contributed by atoms with Crippen LogP contribution >= 0.6 is 11.6 Å². The molecule has 1 unspecified atom stereocenters. The van der Waals surface area contributed by atoms with Gasteiger partial charge in [0, 0.05) is 5.56 Å². The van der Waals surface area contributed by atoms with E-state index in [1.165, 1.54) is 18.2 Å². The molecule has 0 bridgehead atoms. The van der Waals surface area contributed by atoms with Gasteiger partial charge in [0.2, 0.25) is 0 Å². The maximum Gasteiger partial charge on any atom is 0.142 e. The largest absolute Gasteiger partial charge is 0.320 e. The molecule has 2 N–H and O–H groups in total. The van der Waals surface area contributed by atoms with Crippen molar-refractivity contribution in [2.45, 2.75) is 6.04 Å². The Kier molecular flexibility index (Phi) is 3.59. The molecule has 2 aromatic carbocycles. The van der Waals surface area contributed by atoms with Crippen molar-refractivity contribution in [3.63, 3.8) is 0 Å². The third-order valence-corrected chi connectivity index (χ3v) is 2.87. The molecule has 0 spiro atoms. The minimum absolute atomic E-state index is 0.0671. The molecular formula is C13H9ClF3N. The van der Waals surface area contributed by atoms with Crippen molar-refractivity contribution in [2.24, 2.45) is 5.73 Å². The zero-order valence-electron chi connectivity index (χ0n) is 9.13. The summed E-state index contributed by atoms with van der Waals surface area (Å²) in [4.78, 5) is 0. The molecule has 94 valence electrons. The minimum atomic E-state index is -0.951. The third kappa shape index (κ3) is 2.49. The standard InChI is InChI=1S/C13H9ClF3N/c14-10-6-11(16)9(5-12(10)17)13(18)7-2-1-3-8(15)4-7/h1-6,13H,18H2. The Labute approximate surface area is 107 Å². The van der Waals surface area contributed by atoms with Gasteiger partial charge in [0.05, 0.1) is 11.1 Å². The molecule has 5 heteroatoms. The fourth-order valence-electron chi connectivity index (χ4n) is 1.66. The molecule has 0 saturated heterocycles. The van der Waals surface area contributed by atoms with Gasteiger partial charge in [0.1, 0.15) is 17.5 Å². The molecule has 0 amide bonds. The normalized spacial score (nSPS) is 12.5. The summed E-state index contributed by atoms with van der Waals surface area (Å²) in [6, 6.07) is 6.24. The van der Waals surface area contributed by atoms with Gasteiger partial charge in [-0.15, -0.1) is 0 Å². The van der Waals surface area contributed by atoms with Crippen LogP contribution in [-0.4, -0.2) is 0 Å². The molecule has 18 heavy (non-hydrogen) atoms. The van der Waals surface area contributed by atoms with Crippen LogP contribution in [0, 0.1) is 17.5 Å². The first-order chi connectivity index (χ1) is 8.49. The van der Waals surface area contributed by atoms with Crippen LogP contribution in [0.4, 0.5) is 13.2 Å². The zero-order valence-corrected chi connectivity index (χ0v) is 9.89. The van der Waals surface area contributed by atoms with Gasteiger partial charge < -0.3 is 5.73 Å². The van der Waals surface area contributed by atoms with Crippen LogP contribution < -0.4 is 5.73 Å². The van der Waals surface area contributed by atoms with Gasteiger partial charge >= 0.3 is 0 Å². The van der Waals surface area contributed by atoms with Gasteiger partial charge in [-0.1, -0.05) is 23.7 Å². The van der Waals surface area contributed by atoms with Gasteiger partial charge in [-0.3, -0.25) is 0 Å². The Morgan fingerprint density at radius 2 is 1.72 bits per heavy atom. The summed E-state index contributed by atoms with van der Waals surface area (Å²) in [6.07, 6.45) is 0. The average molecular weight is 272 g/mol. The van der Waals surface area contributed by atoms with E-state index in [9.17, 15) is 13.2 Å². The summed E-state index contributed by atoms with van der Waals surface area (Å²) in [7, 11) is 0. The molecule has 1 nitrogen and oxygen atoms in total. The predicted molar refractivity (Wildman–Crippen MR) is 63.8 cm³/mol. The number of rotatable bonds is 2. The first kappa shape index (κ1) is 12.9. The van der Waals surface area contributed by atoms with Gasteiger partial charge in [-0.05, 0) is 29.8 Å². The Hall–Kier alpha value is -1.52. The summed E-state index contributed by atoms with van der Waals surface area (Å²) in [5, 5.41) is -0.317. The highest BCUT2D eigenvalue weighted by molar-refractivity contribution is 6.30. The highest BCUT2D eigenvalue weighted by Crippen LogP contribution is 2.26. The average Bonchev–Trinajstić information content (AvgIpc) is 2.33. The van der Waals surface area contributed by atoms with Crippen molar-refractivity contribution in [1.29, 1.82) is 0 Å². The number of benzene rings is 2. The molecule has 0 heterocycles. The maximum atomic E-state index is 13.6. The van der Waals surface area contributed by atoms with Crippen molar-refractivity contribution < 1.29 is 13.2 Å². The van der Waals surface area contributed by atoms with Crippen LogP contribution in [0.25, 0.3) is 0 Å². The van der Waals surface area contributed by atoms with E-state index in [-0.39, 0.29) is 10.6 Å². The van der Waals surface area contributed by atoms with Crippen LogP contribution in [0.1, 0.15) is 17.2 Å². The molecule has 1 atom stereocenters. The van der Waals surface area contributed by atoms with Crippen molar-refractivity contribution in [1.82, 2.24) is 0 Å². The van der Waals surface area contributed by atoms with E-state index < -0.39 is 23.5 Å². The summed E-state index contributed by atoms with van der Waals surface area (Å²) in [5.41, 5.74) is 6.08. The lowest BCUT2D eigenvalue weighted by molar-refractivity contribution is 0.575. The third-order valence-electron chi connectivity index (χ3n) is 2.58. The molecular weight excluding hydrogens is 263 g/mol. The molecule has 2 aromatic rings. The van der Waals surface area contributed by atoms with Crippen LogP contribution in [-0.2, 0) is 0 Å². The van der Waals surface area contributed by atoms with E-state index in [2.05, 4.69) is 0 Å². The molecule has 0 aromatic heterocycles.